The fourth-order valence-corrected chi connectivity index (χ4v) is 2.07. The highest BCUT2D eigenvalue weighted by atomic mass is 16.3. The van der Waals surface area contributed by atoms with Crippen LogP contribution < -0.4 is 0 Å². The third-order valence-corrected chi connectivity index (χ3v) is 3.11. The van der Waals surface area contributed by atoms with Gasteiger partial charge in [-0.1, -0.05) is 30.3 Å². The van der Waals surface area contributed by atoms with Gasteiger partial charge in [0, 0.05) is 18.0 Å². The lowest BCUT2D eigenvalue weighted by molar-refractivity contribution is 0.282. The predicted molar refractivity (Wildman–Crippen MR) is 71.3 cm³/mol. The maximum atomic E-state index is 9.03. The highest BCUT2D eigenvalue weighted by Crippen LogP contribution is 2.21. The van der Waals surface area contributed by atoms with Crippen molar-refractivity contribution in [2.75, 3.05) is 0 Å². The van der Waals surface area contributed by atoms with Crippen molar-refractivity contribution in [2.24, 2.45) is 0 Å². The fourth-order valence-electron chi connectivity index (χ4n) is 2.07. The van der Waals surface area contributed by atoms with Gasteiger partial charge < -0.3 is 9.51 Å². The molecule has 0 aliphatic carbocycles. The third-order valence-electron chi connectivity index (χ3n) is 3.11. The Balaban J connectivity index is 2.10. The summed E-state index contributed by atoms with van der Waals surface area (Å²) in [5.74, 6) is 0. The van der Waals surface area contributed by atoms with Crippen LogP contribution in [0.3, 0.4) is 0 Å². The molecule has 1 aromatic carbocycles. The number of pyridine rings is 1. The minimum Gasteiger partial charge on any atom is -0.392 e. The average Bonchev–Trinajstić information content (AvgIpc) is 2.84. The van der Waals surface area contributed by atoms with Gasteiger partial charge in [-0.05, 0) is 24.1 Å². The molecule has 0 saturated carbocycles. The molecule has 3 heteroatoms. The summed E-state index contributed by atoms with van der Waals surface area (Å²) in [5.41, 5.74) is 5.08. The second-order valence-electron chi connectivity index (χ2n) is 4.40. The summed E-state index contributed by atoms with van der Waals surface area (Å²) >= 11 is 0. The molecule has 0 fully saturated rings. The molecule has 0 amide bonds. The summed E-state index contributed by atoms with van der Waals surface area (Å²) in [6.07, 6.45) is 4.03. The number of aliphatic hydroxyl groups is 1. The Morgan fingerprint density at radius 1 is 1.17 bits per heavy atom. The van der Waals surface area contributed by atoms with Crippen LogP contribution in [0.25, 0.3) is 16.9 Å². The normalized spacial score (nSPS) is 11.0. The van der Waals surface area contributed by atoms with Gasteiger partial charge in [0.15, 0.2) is 0 Å². The van der Waals surface area contributed by atoms with Gasteiger partial charge in [0.05, 0.1) is 12.3 Å². The maximum absolute atomic E-state index is 9.03. The van der Waals surface area contributed by atoms with Crippen LogP contribution in [0.15, 0.2) is 48.8 Å². The first-order valence-electron chi connectivity index (χ1n) is 5.92. The second kappa shape index (κ2) is 4.27. The molecule has 3 nitrogen and oxygen atoms in total. The molecule has 2 aromatic heterocycles. The van der Waals surface area contributed by atoms with Crippen LogP contribution >= 0.6 is 0 Å². The summed E-state index contributed by atoms with van der Waals surface area (Å²) < 4.78 is 2.03. The number of aliphatic hydroxyl groups excluding tert-OH is 1. The number of aromatic nitrogens is 2. The van der Waals surface area contributed by atoms with E-state index >= 15 is 0 Å². The van der Waals surface area contributed by atoms with E-state index in [1.165, 1.54) is 0 Å². The summed E-state index contributed by atoms with van der Waals surface area (Å²) in [6.45, 7) is 2.13. The molecule has 1 N–H and O–H groups in total. The molecule has 3 aromatic rings. The first-order chi connectivity index (χ1) is 8.78. The number of rotatable bonds is 2. The molecule has 0 spiro atoms. The number of nitrogens with zero attached hydrogens (tertiary/aromatic N) is 2. The quantitative estimate of drug-likeness (QED) is 0.745. The number of hydrogen-bond acceptors (Lipinski definition) is 2. The molecule has 3 rings (SSSR count). The average molecular weight is 238 g/mol. The minimum atomic E-state index is 0.0740. The fraction of sp³-hybridized carbons (Fsp3) is 0.133. The third kappa shape index (κ3) is 1.79. The predicted octanol–water partition coefficient (Wildman–Crippen LogP) is 2.80. The second-order valence-corrected chi connectivity index (χ2v) is 4.40. The first-order valence-corrected chi connectivity index (χ1v) is 5.92. The number of benzene rings is 1. The van der Waals surface area contributed by atoms with Crippen LogP contribution in [0.1, 0.15) is 11.1 Å². The molecule has 0 bridgehead atoms. The molecule has 18 heavy (non-hydrogen) atoms. The van der Waals surface area contributed by atoms with Crippen molar-refractivity contribution in [3.63, 3.8) is 0 Å². The molecule has 0 saturated heterocycles. The van der Waals surface area contributed by atoms with E-state index in [4.69, 9.17) is 5.11 Å². The Bertz CT molecular complexity index is 683. The highest BCUT2D eigenvalue weighted by molar-refractivity contribution is 5.64. The summed E-state index contributed by atoms with van der Waals surface area (Å²) in [7, 11) is 0. The zero-order chi connectivity index (χ0) is 12.5. The Morgan fingerprint density at radius 2 is 1.94 bits per heavy atom. The van der Waals surface area contributed by atoms with Crippen LogP contribution in [-0.4, -0.2) is 14.5 Å². The molecule has 0 radical (unpaired) electrons. The van der Waals surface area contributed by atoms with Gasteiger partial charge in [0.1, 0.15) is 5.65 Å². The largest absolute Gasteiger partial charge is 0.392 e. The number of imidazole rings is 1. The molecule has 2 heterocycles. The molecular formula is C15H14N2O. The number of hydrogen-bond donors (Lipinski definition) is 1. The molecule has 0 aliphatic rings. The standard InChI is InChI=1S/C15H14N2O/c1-11-3-2-8-17-9-14(16-15(11)17)13-6-4-12(10-18)5-7-13/h2-9,18H,10H2,1H3. The van der Waals surface area contributed by atoms with E-state index in [2.05, 4.69) is 18.0 Å². The lowest BCUT2D eigenvalue weighted by Gasteiger charge is -1.98. The molecule has 0 unspecified atom stereocenters. The van der Waals surface area contributed by atoms with Crippen molar-refractivity contribution in [1.29, 1.82) is 0 Å². The van der Waals surface area contributed by atoms with Crippen molar-refractivity contribution in [3.8, 4) is 11.3 Å². The Hall–Kier alpha value is -2.13. The van der Waals surface area contributed by atoms with Gasteiger partial charge in [0.25, 0.3) is 0 Å². The number of fused-ring (bicyclic) bond motifs is 1. The van der Waals surface area contributed by atoms with Crippen molar-refractivity contribution in [3.05, 3.63) is 59.9 Å². The van der Waals surface area contributed by atoms with Crippen molar-refractivity contribution < 1.29 is 5.11 Å². The van der Waals surface area contributed by atoms with E-state index in [1.54, 1.807) is 0 Å². The van der Waals surface area contributed by atoms with Crippen LogP contribution in [0.4, 0.5) is 0 Å². The van der Waals surface area contributed by atoms with Crippen LogP contribution in [0, 0.1) is 6.92 Å². The molecule has 0 atom stereocenters. The van der Waals surface area contributed by atoms with Crippen LogP contribution in [0.5, 0.6) is 0 Å². The van der Waals surface area contributed by atoms with Crippen molar-refractivity contribution >= 4 is 5.65 Å². The topological polar surface area (TPSA) is 37.5 Å². The van der Waals surface area contributed by atoms with Gasteiger partial charge in [-0.3, -0.25) is 0 Å². The van der Waals surface area contributed by atoms with E-state index in [0.29, 0.717) is 0 Å². The zero-order valence-corrected chi connectivity index (χ0v) is 10.2. The van der Waals surface area contributed by atoms with Gasteiger partial charge in [-0.15, -0.1) is 0 Å². The Morgan fingerprint density at radius 3 is 2.61 bits per heavy atom. The summed E-state index contributed by atoms with van der Waals surface area (Å²) in [6, 6.07) is 11.9. The van der Waals surface area contributed by atoms with E-state index in [0.717, 1.165) is 28.0 Å². The zero-order valence-electron chi connectivity index (χ0n) is 10.2. The maximum Gasteiger partial charge on any atom is 0.140 e. The Kier molecular flexibility index (Phi) is 2.61. The van der Waals surface area contributed by atoms with Crippen molar-refractivity contribution in [1.82, 2.24) is 9.38 Å². The van der Waals surface area contributed by atoms with E-state index in [9.17, 15) is 0 Å². The van der Waals surface area contributed by atoms with Gasteiger partial charge >= 0.3 is 0 Å². The SMILES string of the molecule is Cc1cccn2cc(-c3ccc(CO)cc3)nc12. The molecule has 0 aliphatic heterocycles. The lowest BCUT2D eigenvalue weighted by Crippen LogP contribution is -1.84. The summed E-state index contributed by atoms with van der Waals surface area (Å²) in [5, 5.41) is 9.03. The minimum absolute atomic E-state index is 0.0740. The smallest absolute Gasteiger partial charge is 0.140 e. The van der Waals surface area contributed by atoms with Crippen LogP contribution in [0.2, 0.25) is 0 Å². The summed E-state index contributed by atoms with van der Waals surface area (Å²) in [4.78, 5) is 4.64. The van der Waals surface area contributed by atoms with E-state index < -0.39 is 0 Å². The monoisotopic (exact) mass is 238 g/mol. The van der Waals surface area contributed by atoms with E-state index in [-0.39, 0.29) is 6.61 Å². The van der Waals surface area contributed by atoms with Crippen LogP contribution in [-0.2, 0) is 6.61 Å². The van der Waals surface area contributed by atoms with Crippen molar-refractivity contribution in [2.45, 2.75) is 13.5 Å². The first kappa shape index (κ1) is 11.0. The Labute approximate surface area is 105 Å². The highest BCUT2D eigenvalue weighted by Gasteiger charge is 2.05. The van der Waals surface area contributed by atoms with E-state index in [1.807, 2.05) is 47.1 Å². The van der Waals surface area contributed by atoms with Gasteiger partial charge in [0.2, 0.25) is 0 Å². The number of aryl methyl sites for hydroxylation is 1. The van der Waals surface area contributed by atoms with Gasteiger partial charge in [-0.25, -0.2) is 4.98 Å². The molecular weight excluding hydrogens is 224 g/mol. The molecule has 90 valence electrons. The van der Waals surface area contributed by atoms with Gasteiger partial charge in [-0.2, -0.15) is 0 Å². The lowest BCUT2D eigenvalue weighted by atomic mass is 10.1.